The summed E-state index contributed by atoms with van der Waals surface area (Å²) in [4.78, 5) is 16.1. The summed E-state index contributed by atoms with van der Waals surface area (Å²) in [5, 5.41) is 6.30. The Morgan fingerprint density at radius 3 is 2.52 bits per heavy atom. The number of anilines is 1. The molecule has 1 aromatic heterocycles. The number of carbonyl (C=O) groups is 1. The lowest BCUT2D eigenvalue weighted by Crippen LogP contribution is -2.20. The molecule has 1 N–H and O–H groups in total. The zero-order chi connectivity index (χ0) is 17.6. The maximum Gasteiger partial charge on any atom is 0.270 e. The van der Waals surface area contributed by atoms with Crippen LogP contribution in [0.25, 0.3) is 11.5 Å². The lowest BCUT2D eigenvalue weighted by Gasteiger charge is -2.08. The standard InChI is InChI=1S/C19H19N3O3/c1-13(2)14-8-10-16(11-9-14)24-12-17(23)20-19-21-18(25-22-19)15-6-4-3-5-7-15/h3-11,13H,12H2,1-2H3,(H,20,22,23). The molecule has 6 nitrogen and oxygen atoms in total. The van der Waals surface area contributed by atoms with Gasteiger partial charge in [0.2, 0.25) is 0 Å². The molecule has 3 rings (SSSR count). The van der Waals surface area contributed by atoms with Crippen LogP contribution in [-0.4, -0.2) is 22.7 Å². The Kier molecular flexibility index (Phi) is 5.09. The van der Waals surface area contributed by atoms with Gasteiger partial charge < -0.3 is 9.26 Å². The van der Waals surface area contributed by atoms with Crippen molar-refractivity contribution in [2.75, 3.05) is 11.9 Å². The van der Waals surface area contributed by atoms with Gasteiger partial charge in [-0.3, -0.25) is 10.1 Å². The van der Waals surface area contributed by atoms with Crippen LogP contribution < -0.4 is 10.1 Å². The Labute approximate surface area is 145 Å². The highest BCUT2D eigenvalue weighted by Crippen LogP contribution is 2.19. The first kappa shape index (κ1) is 16.7. The van der Waals surface area contributed by atoms with Crippen LogP contribution >= 0.6 is 0 Å². The molecule has 3 aromatic rings. The van der Waals surface area contributed by atoms with Gasteiger partial charge in [-0.15, -0.1) is 0 Å². The Hall–Kier alpha value is -3.15. The average Bonchev–Trinajstić information content (AvgIpc) is 3.09. The number of benzene rings is 2. The van der Waals surface area contributed by atoms with Crippen molar-refractivity contribution in [3.05, 3.63) is 60.2 Å². The summed E-state index contributed by atoms with van der Waals surface area (Å²) in [5.41, 5.74) is 2.01. The average molecular weight is 337 g/mol. The van der Waals surface area contributed by atoms with E-state index in [-0.39, 0.29) is 18.5 Å². The highest BCUT2D eigenvalue weighted by molar-refractivity contribution is 5.90. The molecule has 0 saturated carbocycles. The molecule has 0 unspecified atom stereocenters. The van der Waals surface area contributed by atoms with Gasteiger partial charge in [0.25, 0.3) is 17.7 Å². The van der Waals surface area contributed by atoms with Crippen LogP contribution in [0.15, 0.2) is 59.1 Å². The van der Waals surface area contributed by atoms with E-state index in [1.807, 2.05) is 54.6 Å². The van der Waals surface area contributed by atoms with Gasteiger partial charge in [0, 0.05) is 5.56 Å². The minimum Gasteiger partial charge on any atom is -0.484 e. The smallest absolute Gasteiger partial charge is 0.270 e. The van der Waals surface area contributed by atoms with Crippen molar-refractivity contribution < 1.29 is 14.1 Å². The summed E-state index contributed by atoms with van der Waals surface area (Å²) in [5.74, 6) is 1.20. The number of aromatic nitrogens is 2. The van der Waals surface area contributed by atoms with Crippen LogP contribution in [0.4, 0.5) is 5.95 Å². The molecule has 0 spiro atoms. The summed E-state index contributed by atoms with van der Waals surface area (Å²) in [6.07, 6.45) is 0. The van der Waals surface area contributed by atoms with Crippen LogP contribution in [0.1, 0.15) is 25.3 Å². The molecular formula is C19H19N3O3. The van der Waals surface area contributed by atoms with Gasteiger partial charge >= 0.3 is 0 Å². The van der Waals surface area contributed by atoms with Crippen molar-refractivity contribution in [2.24, 2.45) is 0 Å². The summed E-state index contributed by atoms with van der Waals surface area (Å²) >= 11 is 0. The molecule has 1 heterocycles. The number of rotatable bonds is 6. The van der Waals surface area contributed by atoms with Crippen molar-refractivity contribution in [3.8, 4) is 17.2 Å². The first-order chi connectivity index (χ1) is 12.1. The number of hydrogen-bond donors (Lipinski definition) is 1. The quantitative estimate of drug-likeness (QED) is 0.738. The van der Waals surface area contributed by atoms with E-state index in [0.717, 1.165) is 5.56 Å². The minimum absolute atomic E-state index is 0.114. The summed E-state index contributed by atoms with van der Waals surface area (Å²) in [6, 6.07) is 17.0. The van der Waals surface area contributed by atoms with Crippen molar-refractivity contribution in [1.29, 1.82) is 0 Å². The third-order valence-electron chi connectivity index (χ3n) is 3.61. The molecule has 2 aromatic carbocycles. The molecule has 0 aliphatic carbocycles. The maximum atomic E-state index is 11.9. The SMILES string of the molecule is CC(C)c1ccc(OCC(=O)Nc2noc(-c3ccccc3)n2)cc1. The monoisotopic (exact) mass is 337 g/mol. The second-order valence-electron chi connectivity index (χ2n) is 5.85. The van der Waals surface area contributed by atoms with Gasteiger partial charge in [-0.1, -0.05) is 44.2 Å². The summed E-state index contributed by atoms with van der Waals surface area (Å²) in [6.45, 7) is 4.12. The Morgan fingerprint density at radius 1 is 1.12 bits per heavy atom. The molecule has 0 bridgehead atoms. The number of amides is 1. The van der Waals surface area contributed by atoms with Gasteiger partial charge in [0.15, 0.2) is 6.61 Å². The molecule has 0 aliphatic heterocycles. The van der Waals surface area contributed by atoms with E-state index in [9.17, 15) is 4.79 Å². The number of nitrogens with zero attached hydrogens (tertiary/aromatic N) is 2. The third kappa shape index (κ3) is 4.44. The van der Waals surface area contributed by atoms with E-state index in [1.54, 1.807) is 0 Å². The summed E-state index contributed by atoms with van der Waals surface area (Å²) in [7, 11) is 0. The van der Waals surface area contributed by atoms with Gasteiger partial charge in [0.05, 0.1) is 0 Å². The molecule has 0 atom stereocenters. The van der Waals surface area contributed by atoms with E-state index < -0.39 is 0 Å². The molecule has 0 fully saturated rings. The van der Waals surface area contributed by atoms with E-state index in [0.29, 0.717) is 17.6 Å². The fraction of sp³-hybridized carbons (Fsp3) is 0.211. The van der Waals surface area contributed by atoms with Crippen molar-refractivity contribution in [3.63, 3.8) is 0 Å². The van der Waals surface area contributed by atoms with Gasteiger partial charge in [-0.25, -0.2) is 0 Å². The number of ether oxygens (including phenoxy) is 1. The maximum absolute atomic E-state index is 11.9. The van der Waals surface area contributed by atoms with Crippen molar-refractivity contribution in [1.82, 2.24) is 10.1 Å². The highest BCUT2D eigenvalue weighted by Gasteiger charge is 2.11. The van der Waals surface area contributed by atoms with E-state index in [4.69, 9.17) is 9.26 Å². The first-order valence-corrected chi connectivity index (χ1v) is 8.03. The lowest BCUT2D eigenvalue weighted by molar-refractivity contribution is -0.118. The second kappa shape index (κ2) is 7.61. The lowest BCUT2D eigenvalue weighted by atomic mass is 10.0. The summed E-state index contributed by atoms with van der Waals surface area (Å²) < 4.78 is 10.6. The fourth-order valence-electron chi connectivity index (χ4n) is 2.23. The second-order valence-corrected chi connectivity index (χ2v) is 5.85. The number of carbonyl (C=O) groups excluding carboxylic acids is 1. The van der Waals surface area contributed by atoms with Crippen molar-refractivity contribution >= 4 is 11.9 Å². The van der Waals surface area contributed by atoms with E-state index >= 15 is 0 Å². The zero-order valence-corrected chi connectivity index (χ0v) is 14.1. The predicted molar refractivity (Wildman–Crippen MR) is 94.4 cm³/mol. The van der Waals surface area contributed by atoms with Crippen LogP contribution in [-0.2, 0) is 4.79 Å². The molecule has 0 aliphatic rings. The Balaban J connectivity index is 1.53. The molecular weight excluding hydrogens is 318 g/mol. The molecule has 0 saturated heterocycles. The van der Waals surface area contributed by atoms with Crippen LogP contribution in [0, 0.1) is 0 Å². The normalized spacial score (nSPS) is 10.7. The van der Waals surface area contributed by atoms with Gasteiger partial charge in [-0.2, -0.15) is 4.98 Å². The van der Waals surface area contributed by atoms with Gasteiger partial charge in [-0.05, 0) is 40.9 Å². The van der Waals surface area contributed by atoms with Crippen LogP contribution in [0.5, 0.6) is 5.75 Å². The molecule has 1 amide bonds. The number of nitrogens with one attached hydrogen (secondary N) is 1. The Bertz CT molecular complexity index is 827. The number of hydrogen-bond acceptors (Lipinski definition) is 5. The third-order valence-corrected chi connectivity index (χ3v) is 3.61. The molecule has 6 heteroatoms. The fourth-order valence-corrected chi connectivity index (χ4v) is 2.23. The topological polar surface area (TPSA) is 77.2 Å². The predicted octanol–water partition coefficient (Wildman–Crippen LogP) is 3.88. The first-order valence-electron chi connectivity index (χ1n) is 8.03. The zero-order valence-electron chi connectivity index (χ0n) is 14.1. The molecule has 25 heavy (non-hydrogen) atoms. The van der Waals surface area contributed by atoms with Gasteiger partial charge in [0.1, 0.15) is 5.75 Å². The molecule has 0 radical (unpaired) electrons. The largest absolute Gasteiger partial charge is 0.484 e. The highest BCUT2D eigenvalue weighted by atomic mass is 16.5. The van der Waals surface area contributed by atoms with Crippen LogP contribution in [0.2, 0.25) is 0 Å². The van der Waals surface area contributed by atoms with Crippen LogP contribution in [0.3, 0.4) is 0 Å². The van der Waals surface area contributed by atoms with Crippen molar-refractivity contribution in [2.45, 2.75) is 19.8 Å². The van der Waals surface area contributed by atoms with E-state index in [1.165, 1.54) is 5.56 Å². The minimum atomic E-state index is -0.353. The van der Waals surface area contributed by atoms with E-state index in [2.05, 4.69) is 29.3 Å². The Morgan fingerprint density at radius 2 is 1.84 bits per heavy atom. The molecule has 128 valence electrons.